The summed E-state index contributed by atoms with van der Waals surface area (Å²) in [5.74, 6) is 0.332. The van der Waals surface area contributed by atoms with E-state index in [2.05, 4.69) is 12.2 Å². The number of sulfonamides is 1. The molecule has 0 saturated heterocycles. The maximum Gasteiger partial charge on any atom is 0.238 e. The van der Waals surface area contributed by atoms with Gasteiger partial charge < -0.3 is 10.4 Å². The first kappa shape index (κ1) is 26.0. The fraction of sp³-hybridized carbons (Fsp3) is 0.500. The maximum atomic E-state index is 10.6. The highest BCUT2D eigenvalue weighted by atomic mass is 32.2. The van der Waals surface area contributed by atoms with Gasteiger partial charge in [-0.05, 0) is 30.7 Å². The third kappa shape index (κ3) is 13.2. The number of phenolic OH excluding ortho intramolecular Hbond substituents is 1. The lowest BCUT2D eigenvalue weighted by molar-refractivity contribution is 0.475. The van der Waals surface area contributed by atoms with E-state index in [1.165, 1.54) is 76.3 Å². The Hall–Kier alpha value is -2.05. The average Bonchev–Trinajstić information content (AvgIpc) is 2.73. The van der Waals surface area contributed by atoms with Crippen LogP contribution in [0.5, 0.6) is 5.75 Å². The molecule has 0 aliphatic carbocycles. The van der Waals surface area contributed by atoms with Crippen molar-refractivity contribution in [1.29, 1.82) is 0 Å². The van der Waals surface area contributed by atoms with Gasteiger partial charge in [0, 0.05) is 18.3 Å². The van der Waals surface area contributed by atoms with Crippen molar-refractivity contribution < 1.29 is 13.5 Å². The second kappa shape index (κ2) is 15.7. The maximum absolute atomic E-state index is 10.6. The van der Waals surface area contributed by atoms with Crippen LogP contribution in [0.4, 0.5) is 5.69 Å². The molecule has 4 N–H and O–H groups in total. The first-order chi connectivity index (χ1) is 14.4. The molecule has 2 aromatic carbocycles. The highest BCUT2D eigenvalue weighted by Crippen LogP contribution is 2.15. The molecule has 0 aromatic heterocycles. The van der Waals surface area contributed by atoms with E-state index in [9.17, 15) is 13.5 Å². The van der Waals surface area contributed by atoms with Crippen molar-refractivity contribution >= 4 is 15.7 Å². The summed E-state index contributed by atoms with van der Waals surface area (Å²) in [5, 5.41) is 17.5. The van der Waals surface area contributed by atoms with E-state index in [4.69, 9.17) is 5.14 Å². The first-order valence-corrected chi connectivity index (χ1v) is 12.6. The molecule has 0 bridgehead atoms. The number of primary sulfonamides is 1. The minimum atomic E-state index is -3.50. The number of unbranched alkanes of at least 4 members (excludes halogenated alkanes) is 9. The molecule has 30 heavy (non-hydrogen) atoms. The molecule has 0 fully saturated rings. The number of hydrogen-bond donors (Lipinski definition) is 3. The standard InChI is InChI=1S/C18H31NO.C6H7NO2S/c1-2-3-4-5-6-7-8-9-10-11-15-19-17-13-12-14-18(20)16-17;7-10(8,9)6-4-2-1-3-5-6/h12-14,16,19-20H,2-11,15H2,1H3;1-5H,(H2,7,8,9). The molecule has 0 unspecified atom stereocenters. The Kier molecular flexibility index (Phi) is 13.6. The fourth-order valence-corrected chi connectivity index (χ4v) is 3.61. The lowest BCUT2D eigenvalue weighted by Crippen LogP contribution is -2.11. The summed E-state index contributed by atoms with van der Waals surface area (Å²) in [4.78, 5) is 0.148. The van der Waals surface area contributed by atoms with Gasteiger partial charge in [-0.3, -0.25) is 0 Å². The number of nitrogens with two attached hydrogens (primary N) is 1. The number of benzene rings is 2. The molecule has 2 rings (SSSR count). The van der Waals surface area contributed by atoms with Gasteiger partial charge in [0.2, 0.25) is 10.0 Å². The van der Waals surface area contributed by atoms with Crippen molar-refractivity contribution in [2.75, 3.05) is 11.9 Å². The van der Waals surface area contributed by atoms with Crippen LogP contribution in [0.15, 0.2) is 59.5 Å². The van der Waals surface area contributed by atoms with E-state index in [-0.39, 0.29) is 4.90 Å². The Labute approximate surface area is 182 Å². The van der Waals surface area contributed by atoms with E-state index in [0.717, 1.165) is 12.2 Å². The number of hydrogen-bond acceptors (Lipinski definition) is 4. The van der Waals surface area contributed by atoms with Crippen LogP contribution in [0.25, 0.3) is 0 Å². The fourth-order valence-electron chi connectivity index (χ4n) is 3.07. The van der Waals surface area contributed by atoms with E-state index < -0.39 is 10.0 Å². The van der Waals surface area contributed by atoms with Crippen molar-refractivity contribution in [3.63, 3.8) is 0 Å². The van der Waals surface area contributed by atoms with Crippen LogP contribution in [0.2, 0.25) is 0 Å². The van der Waals surface area contributed by atoms with Crippen LogP contribution in [0.3, 0.4) is 0 Å². The van der Waals surface area contributed by atoms with Crippen LogP contribution < -0.4 is 10.5 Å². The quantitative estimate of drug-likeness (QED) is 0.334. The molecule has 0 amide bonds. The molecular formula is C24H38N2O3S. The van der Waals surface area contributed by atoms with Crippen LogP contribution in [0.1, 0.15) is 71.1 Å². The van der Waals surface area contributed by atoms with Gasteiger partial charge in [0.15, 0.2) is 0 Å². The summed E-state index contributed by atoms with van der Waals surface area (Å²) in [6.45, 7) is 3.27. The van der Waals surface area contributed by atoms with Crippen LogP contribution >= 0.6 is 0 Å². The van der Waals surface area contributed by atoms with E-state index in [0.29, 0.717) is 5.75 Å². The molecule has 2 aromatic rings. The summed E-state index contributed by atoms with van der Waals surface area (Å²) in [6, 6.07) is 15.2. The Bertz CT molecular complexity index is 780. The second-order valence-corrected chi connectivity index (χ2v) is 9.08. The molecular weight excluding hydrogens is 396 g/mol. The third-order valence-electron chi connectivity index (χ3n) is 4.78. The highest BCUT2D eigenvalue weighted by Gasteiger charge is 2.03. The minimum Gasteiger partial charge on any atom is -0.508 e. The normalized spacial score (nSPS) is 10.9. The number of nitrogens with one attached hydrogen (secondary N) is 1. The zero-order chi connectivity index (χ0) is 22.1. The lowest BCUT2D eigenvalue weighted by atomic mass is 10.1. The largest absolute Gasteiger partial charge is 0.508 e. The average molecular weight is 435 g/mol. The highest BCUT2D eigenvalue weighted by molar-refractivity contribution is 7.89. The number of phenols is 1. The van der Waals surface area contributed by atoms with Crippen molar-refractivity contribution in [1.82, 2.24) is 0 Å². The molecule has 0 spiro atoms. The smallest absolute Gasteiger partial charge is 0.238 e. The molecule has 0 aliphatic heterocycles. The SMILES string of the molecule is CCCCCCCCCCCCNc1cccc(O)c1.NS(=O)(=O)c1ccccc1. The first-order valence-electron chi connectivity index (χ1n) is 11.0. The molecule has 0 radical (unpaired) electrons. The number of anilines is 1. The summed E-state index contributed by atoms with van der Waals surface area (Å²) >= 11 is 0. The molecule has 6 heteroatoms. The minimum absolute atomic E-state index is 0.148. The van der Waals surface area contributed by atoms with Crippen molar-refractivity contribution in [3.8, 4) is 5.75 Å². The van der Waals surface area contributed by atoms with Gasteiger partial charge in [-0.1, -0.05) is 89.0 Å². The monoisotopic (exact) mass is 434 g/mol. The van der Waals surface area contributed by atoms with Crippen molar-refractivity contribution in [2.24, 2.45) is 5.14 Å². The number of aromatic hydroxyl groups is 1. The van der Waals surface area contributed by atoms with Crippen LogP contribution in [-0.2, 0) is 10.0 Å². The summed E-state index contributed by atoms with van der Waals surface area (Å²) in [5.41, 5.74) is 1.01. The van der Waals surface area contributed by atoms with Gasteiger partial charge in [-0.25, -0.2) is 13.6 Å². The zero-order valence-electron chi connectivity index (χ0n) is 18.2. The second-order valence-electron chi connectivity index (χ2n) is 7.52. The molecule has 0 atom stereocenters. The van der Waals surface area contributed by atoms with E-state index >= 15 is 0 Å². The Morgan fingerprint density at radius 2 is 1.37 bits per heavy atom. The molecule has 0 saturated carbocycles. The zero-order valence-corrected chi connectivity index (χ0v) is 19.0. The van der Waals surface area contributed by atoms with Gasteiger partial charge in [0.25, 0.3) is 0 Å². The Morgan fingerprint density at radius 3 is 1.87 bits per heavy atom. The Balaban J connectivity index is 0.000000375. The predicted molar refractivity (Wildman–Crippen MR) is 126 cm³/mol. The number of rotatable bonds is 13. The van der Waals surface area contributed by atoms with Crippen molar-refractivity contribution in [3.05, 3.63) is 54.6 Å². The molecule has 5 nitrogen and oxygen atoms in total. The van der Waals surface area contributed by atoms with Gasteiger partial charge in [0.1, 0.15) is 5.75 Å². The Morgan fingerprint density at radius 1 is 0.800 bits per heavy atom. The summed E-state index contributed by atoms with van der Waals surface area (Å²) < 4.78 is 21.2. The van der Waals surface area contributed by atoms with Crippen LogP contribution in [-0.4, -0.2) is 20.1 Å². The summed E-state index contributed by atoms with van der Waals surface area (Å²) in [7, 11) is -3.50. The predicted octanol–water partition coefficient (Wildman–Crippen LogP) is 6.06. The lowest BCUT2D eigenvalue weighted by Gasteiger charge is -2.06. The third-order valence-corrected chi connectivity index (χ3v) is 5.71. The van der Waals surface area contributed by atoms with E-state index in [1.54, 1.807) is 30.3 Å². The molecule has 0 aliphatic rings. The van der Waals surface area contributed by atoms with Gasteiger partial charge in [-0.15, -0.1) is 0 Å². The molecule has 0 heterocycles. The van der Waals surface area contributed by atoms with Gasteiger partial charge in [-0.2, -0.15) is 0 Å². The van der Waals surface area contributed by atoms with Crippen LogP contribution in [0, 0.1) is 0 Å². The van der Waals surface area contributed by atoms with Crippen molar-refractivity contribution in [2.45, 2.75) is 76.0 Å². The molecule has 168 valence electrons. The van der Waals surface area contributed by atoms with Gasteiger partial charge >= 0.3 is 0 Å². The summed E-state index contributed by atoms with van der Waals surface area (Å²) in [6.07, 6.45) is 13.7. The topological polar surface area (TPSA) is 92.4 Å². The van der Waals surface area contributed by atoms with Gasteiger partial charge in [0.05, 0.1) is 4.90 Å². The van der Waals surface area contributed by atoms with E-state index in [1.807, 2.05) is 12.1 Å².